The van der Waals surface area contributed by atoms with Gasteiger partial charge in [-0.15, -0.1) is 23.1 Å². The number of rotatable bonds is 8. The summed E-state index contributed by atoms with van der Waals surface area (Å²) >= 11 is 3.24. The molecule has 24 heavy (non-hydrogen) atoms. The number of hydrogen-bond acceptors (Lipinski definition) is 6. The third-order valence-corrected chi connectivity index (χ3v) is 7.69. The number of pyridine rings is 1. The first-order valence-corrected chi connectivity index (χ1v) is 11.2. The summed E-state index contributed by atoms with van der Waals surface area (Å²) in [7, 11) is -3.44. The molecule has 132 valence electrons. The Kier molecular flexibility index (Phi) is 6.79. The van der Waals surface area contributed by atoms with Gasteiger partial charge in [-0.3, -0.25) is 0 Å². The molecule has 0 aliphatic carbocycles. The third-order valence-electron chi connectivity index (χ3n) is 3.48. The summed E-state index contributed by atoms with van der Waals surface area (Å²) in [4.78, 5) is 9.12. The molecule has 0 N–H and O–H groups in total. The highest BCUT2D eigenvalue weighted by Gasteiger charge is 2.21. The minimum Gasteiger partial charge on any atom is -0.249 e. The normalized spacial score (nSPS) is 12.2. The predicted octanol–water partition coefficient (Wildman–Crippen LogP) is 3.98. The van der Waals surface area contributed by atoms with E-state index < -0.39 is 10.0 Å². The van der Waals surface area contributed by atoms with E-state index in [4.69, 9.17) is 0 Å². The Morgan fingerprint density at radius 3 is 2.46 bits per heavy atom. The molecule has 0 saturated carbocycles. The van der Waals surface area contributed by atoms with E-state index in [2.05, 4.69) is 29.2 Å². The van der Waals surface area contributed by atoms with Crippen molar-refractivity contribution in [3.63, 3.8) is 0 Å². The maximum atomic E-state index is 12.4. The van der Waals surface area contributed by atoms with Crippen molar-refractivity contribution < 1.29 is 8.42 Å². The van der Waals surface area contributed by atoms with Crippen molar-refractivity contribution in [3.05, 3.63) is 34.4 Å². The second-order valence-electron chi connectivity index (χ2n) is 5.54. The van der Waals surface area contributed by atoms with Gasteiger partial charge in [0.25, 0.3) is 0 Å². The lowest BCUT2D eigenvalue weighted by molar-refractivity contribution is 0.445. The zero-order chi connectivity index (χ0) is 17.7. The Balaban J connectivity index is 2.04. The SMILES string of the molecule is CCN(CC)S(=O)(=O)c1ccc(SCc2csc(C(C)C)n2)nc1. The maximum absolute atomic E-state index is 12.4. The molecule has 0 saturated heterocycles. The predicted molar refractivity (Wildman–Crippen MR) is 100 cm³/mol. The highest BCUT2D eigenvalue weighted by molar-refractivity contribution is 7.98. The molecule has 0 bridgehead atoms. The minimum atomic E-state index is -3.44. The Hall–Kier alpha value is -0.960. The number of sulfonamides is 1. The summed E-state index contributed by atoms with van der Waals surface area (Å²) < 4.78 is 26.3. The highest BCUT2D eigenvalue weighted by atomic mass is 32.2. The Morgan fingerprint density at radius 2 is 1.96 bits per heavy atom. The molecule has 0 aliphatic rings. The van der Waals surface area contributed by atoms with E-state index in [-0.39, 0.29) is 4.90 Å². The molecule has 0 unspecified atom stereocenters. The third kappa shape index (κ3) is 4.56. The van der Waals surface area contributed by atoms with Gasteiger partial charge in [0.1, 0.15) is 4.90 Å². The van der Waals surface area contributed by atoms with E-state index in [1.807, 2.05) is 13.8 Å². The molecule has 0 spiro atoms. The Bertz CT molecular complexity index is 751. The van der Waals surface area contributed by atoms with Gasteiger partial charge in [0.05, 0.1) is 15.7 Å². The van der Waals surface area contributed by atoms with Crippen LogP contribution >= 0.6 is 23.1 Å². The van der Waals surface area contributed by atoms with Gasteiger partial charge in [0.15, 0.2) is 0 Å². The summed E-state index contributed by atoms with van der Waals surface area (Å²) in [5, 5.41) is 4.01. The van der Waals surface area contributed by atoms with Gasteiger partial charge in [-0.2, -0.15) is 4.31 Å². The van der Waals surface area contributed by atoms with Crippen molar-refractivity contribution in [2.75, 3.05) is 13.1 Å². The lowest BCUT2D eigenvalue weighted by atomic mass is 10.2. The molecule has 2 rings (SSSR count). The molecular formula is C16H23N3O2S3. The Labute approximate surface area is 152 Å². The van der Waals surface area contributed by atoms with E-state index in [1.165, 1.54) is 10.5 Å². The Morgan fingerprint density at radius 1 is 1.25 bits per heavy atom. The van der Waals surface area contributed by atoms with E-state index in [1.54, 1.807) is 35.2 Å². The first-order chi connectivity index (χ1) is 11.4. The topological polar surface area (TPSA) is 63.2 Å². The molecule has 2 aromatic heterocycles. The molecule has 0 aromatic carbocycles. The van der Waals surface area contributed by atoms with Crippen molar-refractivity contribution in [3.8, 4) is 0 Å². The number of thiazole rings is 1. The monoisotopic (exact) mass is 385 g/mol. The first-order valence-electron chi connectivity index (χ1n) is 7.91. The van der Waals surface area contributed by atoms with Crippen molar-refractivity contribution in [1.29, 1.82) is 0 Å². The second kappa shape index (κ2) is 8.42. The summed E-state index contributed by atoms with van der Waals surface area (Å²) in [6, 6.07) is 3.39. The van der Waals surface area contributed by atoms with Crippen LogP contribution in [-0.4, -0.2) is 35.8 Å². The van der Waals surface area contributed by atoms with Gasteiger partial charge in [-0.05, 0) is 12.1 Å². The van der Waals surface area contributed by atoms with E-state index >= 15 is 0 Å². The van der Waals surface area contributed by atoms with Gasteiger partial charge < -0.3 is 0 Å². The number of nitrogens with zero attached hydrogens (tertiary/aromatic N) is 3. The highest BCUT2D eigenvalue weighted by Crippen LogP contribution is 2.25. The fourth-order valence-corrected chi connectivity index (χ4v) is 5.20. The number of hydrogen-bond donors (Lipinski definition) is 0. The minimum absolute atomic E-state index is 0.242. The van der Waals surface area contributed by atoms with Crippen LogP contribution in [0.3, 0.4) is 0 Å². The quantitative estimate of drug-likeness (QED) is 0.643. The van der Waals surface area contributed by atoms with Gasteiger partial charge >= 0.3 is 0 Å². The summed E-state index contributed by atoms with van der Waals surface area (Å²) in [5.41, 5.74) is 1.04. The molecule has 2 heterocycles. The fraction of sp³-hybridized carbons (Fsp3) is 0.500. The van der Waals surface area contributed by atoms with Crippen LogP contribution in [0.2, 0.25) is 0 Å². The van der Waals surface area contributed by atoms with Crippen LogP contribution in [-0.2, 0) is 15.8 Å². The van der Waals surface area contributed by atoms with Crippen molar-refractivity contribution >= 4 is 33.1 Å². The van der Waals surface area contributed by atoms with Gasteiger partial charge in [0.2, 0.25) is 10.0 Å². The molecule has 0 amide bonds. The summed E-state index contributed by atoms with van der Waals surface area (Å²) in [5.74, 6) is 1.18. The molecule has 0 atom stereocenters. The van der Waals surface area contributed by atoms with Gasteiger partial charge in [-0.1, -0.05) is 27.7 Å². The van der Waals surface area contributed by atoms with Crippen LogP contribution in [0.1, 0.15) is 44.3 Å². The number of thioether (sulfide) groups is 1. The van der Waals surface area contributed by atoms with Crippen LogP contribution in [0.15, 0.2) is 33.6 Å². The lowest BCUT2D eigenvalue weighted by Crippen LogP contribution is -2.30. The lowest BCUT2D eigenvalue weighted by Gasteiger charge is -2.18. The van der Waals surface area contributed by atoms with E-state index in [0.717, 1.165) is 21.5 Å². The van der Waals surface area contributed by atoms with Crippen molar-refractivity contribution in [2.24, 2.45) is 0 Å². The zero-order valence-corrected chi connectivity index (χ0v) is 16.8. The van der Waals surface area contributed by atoms with Gasteiger partial charge in [-0.25, -0.2) is 18.4 Å². The molecule has 2 aromatic rings. The van der Waals surface area contributed by atoms with E-state index in [0.29, 0.717) is 19.0 Å². The average molecular weight is 386 g/mol. The largest absolute Gasteiger partial charge is 0.249 e. The maximum Gasteiger partial charge on any atom is 0.244 e. The van der Waals surface area contributed by atoms with Crippen molar-refractivity contribution in [2.45, 2.75) is 49.3 Å². The van der Waals surface area contributed by atoms with Crippen LogP contribution < -0.4 is 0 Å². The number of aromatic nitrogens is 2. The van der Waals surface area contributed by atoms with Crippen LogP contribution in [0, 0.1) is 0 Å². The zero-order valence-electron chi connectivity index (χ0n) is 14.4. The summed E-state index contributed by atoms with van der Waals surface area (Å²) in [6.07, 6.45) is 1.44. The van der Waals surface area contributed by atoms with Crippen molar-refractivity contribution in [1.82, 2.24) is 14.3 Å². The molecule has 0 fully saturated rings. The van der Waals surface area contributed by atoms with Crippen LogP contribution in [0.25, 0.3) is 0 Å². The first kappa shape index (κ1) is 19.4. The van der Waals surface area contributed by atoms with E-state index in [9.17, 15) is 8.42 Å². The smallest absolute Gasteiger partial charge is 0.244 e. The molecule has 0 radical (unpaired) electrons. The molecule has 8 heteroatoms. The molecular weight excluding hydrogens is 362 g/mol. The van der Waals surface area contributed by atoms with Gasteiger partial charge in [0, 0.05) is 36.3 Å². The fourth-order valence-electron chi connectivity index (χ4n) is 2.12. The average Bonchev–Trinajstić information content (AvgIpc) is 3.03. The van der Waals surface area contributed by atoms with Crippen LogP contribution in [0.4, 0.5) is 0 Å². The molecule has 0 aliphatic heterocycles. The van der Waals surface area contributed by atoms with Crippen LogP contribution in [0.5, 0.6) is 0 Å². The second-order valence-corrected chi connectivity index (χ2v) is 9.37. The molecule has 5 nitrogen and oxygen atoms in total. The standard InChI is InChI=1S/C16H23N3O2S3/c1-5-19(6-2)24(20,21)14-7-8-15(17-9-14)22-10-13-11-23-16(18-13)12(3)4/h7-9,11-12H,5-6,10H2,1-4H3. The summed E-state index contributed by atoms with van der Waals surface area (Å²) in [6.45, 7) is 8.84.